The summed E-state index contributed by atoms with van der Waals surface area (Å²) in [4.78, 5) is 20.8. The van der Waals surface area contributed by atoms with E-state index in [1.807, 2.05) is 53.1 Å². The number of carbonyl (C=O) groups is 1. The first-order valence-electron chi connectivity index (χ1n) is 10.6. The quantitative estimate of drug-likeness (QED) is 0.444. The number of amides is 1. The highest BCUT2D eigenvalue weighted by Gasteiger charge is 2.24. The Morgan fingerprint density at radius 1 is 1.13 bits per heavy atom. The van der Waals surface area contributed by atoms with Crippen molar-refractivity contribution in [2.24, 2.45) is 4.99 Å². The smallest absolute Gasteiger partial charge is 0.408 e. The number of hydrogen-bond donors (Lipinski definition) is 3. The average molecular weight is 429 g/mol. The van der Waals surface area contributed by atoms with Crippen molar-refractivity contribution >= 4 is 12.1 Å². The van der Waals surface area contributed by atoms with Gasteiger partial charge in [0.1, 0.15) is 11.4 Å². The number of carbonyl (C=O) groups excluding carboxylic acids is 1. The van der Waals surface area contributed by atoms with E-state index in [4.69, 9.17) is 4.74 Å². The molecule has 0 fully saturated rings. The van der Waals surface area contributed by atoms with Crippen molar-refractivity contribution in [1.82, 2.24) is 25.5 Å². The number of hydrogen-bond acceptors (Lipinski definition) is 4. The molecule has 0 atom stereocenters. The molecule has 1 aromatic carbocycles. The zero-order valence-electron chi connectivity index (χ0n) is 19.5. The molecule has 0 spiro atoms. The third-order valence-corrected chi connectivity index (χ3v) is 4.46. The third kappa shape index (κ3) is 9.11. The van der Waals surface area contributed by atoms with E-state index in [-0.39, 0.29) is 0 Å². The molecular formula is C23H36N6O2. The second kappa shape index (κ2) is 10.8. The van der Waals surface area contributed by atoms with Crippen molar-refractivity contribution in [3.05, 3.63) is 54.1 Å². The molecule has 0 aliphatic carbocycles. The normalized spacial score (nSPS) is 12.4. The first-order chi connectivity index (χ1) is 14.6. The summed E-state index contributed by atoms with van der Waals surface area (Å²) >= 11 is 0. The Balaban J connectivity index is 1.82. The zero-order chi connectivity index (χ0) is 22.9. The summed E-state index contributed by atoms with van der Waals surface area (Å²) < 4.78 is 7.48. The van der Waals surface area contributed by atoms with Crippen LogP contribution in [0.15, 0.2) is 47.7 Å². The Bertz CT molecular complexity index is 852. The van der Waals surface area contributed by atoms with Gasteiger partial charge in [-0.05, 0) is 46.6 Å². The minimum absolute atomic E-state index is 0.442. The molecule has 2 rings (SSSR count). The fourth-order valence-electron chi connectivity index (χ4n) is 2.92. The van der Waals surface area contributed by atoms with Gasteiger partial charge in [0.25, 0.3) is 0 Å². The summed E-state index contributed by atoms with van der Waals surface area (Å²) in [5.74, 6) is 1.57. The van der Waals surface area contributed by atoms with E-state index in [0.29, 0.717) is 19.0 Å². The predicted molar refractivity (Wildman–Crippen MR) is 124 cm³/mol. The maximum atomic E-state index is 12.1. The van der Waals surface area contributed by atoms with Crippen LogP contribution in [0.5, 0.6) is 0 Å². The van der Waals surface area contributed by atoms with Crippen molar-refractivity contribution in [3.8, 4) is 0 Å². The molecule has 0 saturated carbocycles. The van der Waals surface area contributed by atoms with Gasteiger partial charge in [0, 0.05) is 32.5 Å². The number of rotatable bonds is 8. The average Bonchev–Trinajstić information content (AvgIpc) is 3.12. The van der Waals surface area contributed by atoms with Crippen molar-refractivity contribution in [1.29, 1.82) is 0 Å². The standard InChI is InChI=1S/C23H36N6O2/c1-22(2,3)31-21(30)28-23(4,5)17-27-20(24-6)26-16-19-25-13-15-29(19)14-12-18-10-8-7-9-11-18/h7-11,13,15H,12,14,16-17H2,1-6H3,(H,28,30)(H2,24,26,27). The number of benzene rings is 1. The second-order valence-electron chi connectivity index (χ2n) is 9.06. The van der Waals surface area contributed by atoms with Crippen molar-refractivity contribution in [2.75, 3.05) is 13.6 Å². The largest absolute Gasteiger partial charge is 0.444 e. The monoisotopic (exact) mass is 428 g/mol. The van der Waals surface area contributed by atoms with Gasteiger partial charge in [-0.3, -0.25) is 4.99 Å². The minimum atomic E-state index is -0.534. The Hall–Kier alpha value is -3.03. The first-order valence-corrected chi connectivity index (χ1v) is 10.6. The van der Waals surface area contributed by atoms with Gasteiger partial charge in [-0.25, -0.2) is 9.78 Å². The lowest BCUT2D eigenvalue weighted by atomic mass is 10.1. The number of aromatic nitrogens is 2. The van der Waals surface area contributed by atoms with Crippen molar-refractivity contribution in [3.63, 3.8) is 0 Å². The Kier molecular flexibility index (Phi) is 8.47. The Labute approximate surface area is 185 Å². The fraction of sp³-hybridized carbons (Fsp3) is 0.522. The van der Waals surface area contributed by atoms with Crippen molar-refractivity contribution < 1.29 is 9.53 Å². The highest BCUT2D eigenvalue weighted by molar-refractivity contribution is 5.79. The van der Waals surface area contributed by atoms with Crippen LogP contribution >= 0.6 is 0 Å². The molecule has 170 valence electrons. The van der Waals surface area contributed by atoms with Gasteiger partial charge in [0.2, 0.25) is 0 Å². The van der Waals surface area contributed by atoms with Crippen LogP contribution in [0.2, 0.25) is 0 Å². The molecule has 31 heavy (non-hydrogen) atoms. The highest BCUT2D eigenvalue weighted by Crippen LogP contribution is 2.09. The fourth-order valence-corrected chi connectivity index (χ4v) is 2.92. The van der Waals surface area contributed by atoms with Crippen LogP contribution in [-0.4, -0.2) is 46.3 Å². The topological polar surface area (TPSA) is 92.6 Å². The number of alkyl carbamates (subject to hydrolysis) is 1. The predicted octanol–water partition coefficient (Wildman–Crippen LogP) is 3.09. The lowest BCUT2D eigenvalue weighted by Gasteiger charge is -2.29. The zero-order valence-corrected chi connectivity index (χ0v) is 19.5. The number of nitrogens with one attached hydrogen (secondary N) is 3. The maximum absolute atomic E-state index is 12.1. The Morgan fingerprint density at radius 2 is 1.84 bits per heavy atom. The van der Waals surface area contributed by atoms with Gasteiger partial charge in [-0.15, -0.1) is 0 Å². The molecule has 0 unspecified atom stereocenters. The van der Waals surface area contributed by atoms with Crippen LogP contribution in [0.4, 0.5) is 4.79 Å². The third-order valence-electron chi connectivity index (χ3n) is 4.46. The van der Waals surface area contributed by atoms with Gasteiger partial charge in [-0.1, -0.05) is 30.3 Å². The SMILES string of the molecule is CN=C(NCc1nccn1CCc1ccccc1)NCC(C)(C)NC(=O)OC(C)(C)C. The molecule has 0 radical (unpaired) electrons. The molecule has 0 aliphatic rings. The summed E-state index contributed by atoms with van der Waals surface area (Å²) in [6, 6.07) is 10.4. The van der Waals surface area contributed by atoms with Crippen LogP contribution in [0, 0.1) is 0 Å². The molecule has 1 aromatic heterocycles. The Morgan fingerprint density at radius 3 is 2.48 bits per heavy atom. The first kappa shape index (κ1) is 24.2. The van der Waals surface area contributed by atoms with Gasteiger partial charge >= 0.3 is 6.09 Å². The lowest BCUT2D eigenvalue weighted by molar-refractivity contribution is 0.0474. The van der Waals surface area contributed by atoms with Crippen molar-refractivity contribution in [2.45, 2.75) is 65.3 Å². The van der Waals surface area contributed by atoms with Gasteiger partial charge < -0.3 is 25.3 Å². The maximum Gasteiger partial charge on any atom is 0.408 e. The van der Waals surface area contributed by atoms with E-state index in [1.54, 1.807) is 7.05 Å². The van der Waals surface area contributed by atoms with E-state index >= 15 is 0 Å². The summed E-state index contributed by atoms with van der Waals surface area (Å²) in [5, 5.41) is 9.42. The van der Waals surface area contributed by atoms with Crippen LogP contribution in [-0.2, 0) is 24.2 Å². The lowest BCUT2D eigenvalue weighted by Crippen LogP contribution is -2.54. The molecule has 2 aromatic rings. The number of ether oxygens (including phenoxy) is 1. The molecule has 8 nitrogen and oxygen atoms in total. The molecule has 0 aliphatic heterocycles. The summed E-state index contributed by atoms with van der Waals surface area (Å²) in [7, 11) is 1.71. The molecule has 1 heterocycles. The molecule has 1 amide bonds. The molecule has 8 heteroatoms. The van der Waals surface area contributed by atoms with E-state index in [2.05, 4.69) is 54.8 Å². The summed E-state index contributed by atoms with van der Waals surface area (Å²) in [5.41, 5.74) is 0.245. The summed E-state index contributed by atoms with van der Waals surface area (Å²) in [6.07, 6.45) is 4.31. The van der Waals surface area contributed by atoms with Crippen LogP contribution < -0.4 is 16.0 Å². The molecule has 3 N–H and O–H groups in total. The molecular weight excluding hydrogens is 392 g/mol. The number of imidazole rings is 1. The minimum Gasteiger partial charge on any atom is -0.444 e. The van der Waals surface area contributed by atoms with Crippen LogP contribution in [0.3, 0.4) is 0 Å². The van der Waals surface area contributed by atoms with E-state index < -0.39 is 17.2 Å². The van der Waals surface area contributed by atoms with E-state index in [0.717, 1.165) is 18.8 Å². The van der Waals surface area contributed by atoms with Gasteiger partial charge in [-0.2, -0.15) is 0 Å². The summed E-state index contributed by atoms with van der Waals surface area (Å²) in [6.45, 7) is 11.3. The number of guanidine groups is 1. The molecule has 0 saturated heterocycles. The van der Waals surface area contributed by atoms with Crippen LogP contribution in [0.25, 0.3) is 0 Å². The number of nitrogens with zero attached hydrogens (tertiary/aromatic N) is 3. The highest BCUT2D eigenvalue weighted by atomic mass is 16.6. The van der Waals surface area contributed by atoms with E-state index in [9.17, 15) is 4.79 Å². The number of aliphatic imine (C=N–C) groups is 1. The number of aryl methyl sites for hydroxylation is 2. The van der Waals surface area contributed by atoms with Crippen LogP contribution in [0.1, 0.15) is 46.0 Å². The van der Waals surface area contributed by atoms with Gasteiger partial charge in [0.05, 0.1) is 12.1 Å². The van der Waals surface area contributed by atoms with E-state index in [1.165, 1.54) is 5.56 Å². The molecule has 0 bridgehead atoms. The second-order valence-corrected chi connectivity index (χ2v) is 9.06. The van der Waals surface area contributed by atoms with Gasteiger partial charge in [0.15, 0.2) is 5.96 Å².